The fourth-order valence-electron chi connectivity index (χ4n) is 2.71. The van der Waals surface area contributed by atoms with Gasteiger partial charge in [-0.25, -0.2) is 9.59 Å². The number of methoxy groups -OCH3 is 2. The summed E-state index contributed by atoms with van der Waals surface area (Å²) in [5, 5.41) is 2.67. The number of rotatable bonds is 6. The molecule has 0 aliphatic rings. The van der Waals surface area contributed by atoms with Crippen LogP contribution in [0.3, 0.4) is 0 Å². The van der Waals surface area contributed by atoms with Gasteiger partial charge in [-0.05, 0) is 44.5 Å². The predicted molar refractivity (Wildman–Crippen MR) is 98.5 cm³/mol. The van der Waals surface area contributed by atoms with Gasteiger partial charge in [0.15, 0.2) is 0 Å². The molecule has 0 bridgehead atoms. The normalized spacial score (nSPS) is 10.3. The summed E-state index contributed by atoms with van der Waals surface area (Å²) in [5.74, 6) is -1.16. The highest BCUT2D eigenvalue weighted by molar-refractivity contribution is 6.09. The molecular weight excluding hydrogens is 352 g/mol. The smallest absolute Gasteiger partial charge is 0.340 e. The number of H-pyrrole nitrogens is 1. The SMILES string of the molecule is CCOC(=O)c1c(C)[nH]c(C(=O)Nc2ccc(OC)cc2C(=O)OC)c1C. The molecule has 144 valence electrons. The number of carbonyl (C=O) groups excluding carboxylic acids is 3. The standard InChI is InChI=1S/C19H22N2O6/c1-6-27-19(24)15-10(2)16(20-11(15)3)17(22)21-14-8-7-12(25-4)9-13(14)18(23)26-5/h7-9,20H,6H2,1-5H3,(H,21,22). The second-order valence-electron chi connectivity index (χ2n) is 5.70. The molecule has 0 unspecified atom stereocenters. The van der Waals surface area contributed by atoms with Gasteiger partial charge in [0.05, 0.1) is 37.6 Å². The molecule has 0 aliphatic heterocycles. The van der Waals surface area contributed by atoms with Gasteiger partial charge in [0, 0.05) is 5.69 Å². The summed E-state index contributed by atoms with van der Waals surface area (Å²) >= 11 is 0. The summed E-state index contributed by atoms with van der Waals surface area (Å²) in [6.07, 6.45) is 0. The third kappa shape index (κ3) is 4.11. The fraction of sp³-hybridized carbons (Fsp3) is 0.316. The van der Waals surface area contributed by atoms with Crippen molar-refractivity contribution in [3.63, 3.8) is 0 Å². The summed E-state index contributed by atoms with van der Waals surface area (Å²) in [6.45, 7) is 5.28. The van der Waals surface area contributed by atoms with E-state index in [9.17, 15) is 14.4 Å². The maximum absolute atomic E-state index is 12.7. The van der Waals surface area contributed by atoms with E-state index in [0.29, 0.717) is 22.6 Å². The fourth-order valence-corrected chi connectivity index (χ4v) is 2.71. The van der Waals surface area contributed by atoms with Gasteiger partial charge in [-0.15, -0.1) is 0 Å². The summed E-state index contributed by atoms with van der Waals surface area (Å²) in [6, 6.07) is 4.62. The molecule has 0 saturated heterocycles. The highest BCUT2D eigenvalue weighted by Crippen LogP contribution is 2.25. The molecule has 1 amide bonds. The Morgan fingerprint density at radius 1 is 1.11 bits per heavy atom. The average molecular weight is 374 g/mol. The second kappa shape index (κ2) is 8.39. The Morgan fingerprint density at radius 2 is 1.81 bits per heavy atom. The first-order chi connectivity index (χ1) is 12.8. The molecule has 1 aromatic heterocycles. The number of carbonyl (C=O) groups is 3. The number of amides is 1. The lowest BCUT2D eigenvalue weighted by Crippen LogP contribution is -2.17. The van der Waals surface area contributed by atoms with E-state index >= 15 is 0 Å². The molecule has 2 rings (SSSR count). The molecule has 0 aliphatic carbocycles. The maximum Gasteiger partial charge on any atom is 0.340 e. The Balaban J connectivity index is 2.37. The molecule has 8 heteroatoms. The van der Waals surface area contributed by atoms with E-state index in [0.717, 1.165) is 0 Å². The van der Waals surface area contributed by atoms with Crippen LogP contribution in [0.5, 0.6) is 5.75 Å². The topological polar surface area (TPSA) is 107 Å². The van der Waals surface area contributed by atoms with Gasteiger partial charge < -0.3 is 24.5 Å². The van der Waals surface area contributed by atoms with E-state index in [-0.39, 0.29) is 23.6 Å². The van der Waals surface area contributed by atoms with Crippen LogP contribution >= 0.6 is 0 Å². The first-order valence-corrected chi connectivity index (χ1v) is 8.28. The van der Waals surface area contributed by atoms with E-state index < -0.39 is 17.8 Å². The molecule has 2 aromatic rings. The van der Waals surface area contributed by atoms with Crippen molar-refractivity contribution in [3.8, 4) is 5.75 Å². The summed E-state index contributed by atoms with van der Waals surface area (Å²) in [5.41, 5.74) is 1.94. The summed E-state index contributed by atoms with van der Waals surface area (Å²) in [4.78, 5) is 39.7. The zero-order chi connectivity index (χ0) is 20.1. The zero-order valence-corrected chi connectivity index (χ0v) is 15.9. The van der Waals surface area contributed by atoms with Crippen LogP contribution in [0.1, 0.15) is 49.4 Å². The van der Waals surface area contributed by atoms with Gasteiger partial charge in [0.2, 0.25) is 0 Å². The third-order valence-electron chi connectivity index (χ3n) is 4.02. The number of aromatic nitrogens is 1. The lowest BCUT2D eigenvalue weighted by molar-refractivity contribution is 0.0524. The van der Waals surface area contributed by atoms with Crippen molar-refractivity contribution in [1.82, 2.24) is 4.98 Å². The highest BCUT2D eigenvalue weighted by atomic mass is 16.5. The molecule has 1 heterocycles. The second-order valence-corrected chi connectivity index (χ2v) is 5.70. The van der Waals surface area contributed by atoms with Crippen molar-refractivity contribution in [1.29, 1.82) is 0 Å². The first-order valence-electron chi connectivity index (χ1n) is 8.28. The molecule has 0 radical (unpaired) electrons. The van der Waals surface area contributed by atoms with Gasteiger partial charge in [-0.1, -0.05) is 0 Å². The minimum Gasteiger partial charge on any atom is -0.497 e. The maximum atomic E-state index is 12.7. The molecule has 8 nitrogen and oxygen atoms in total. The van der Waals surface area contributed by atoms with Crippen molar-refractivity contribution in [2.24, 2.45) is 0 Å². The van der Waals surface area contributed by atoms with Crippen molar-refractivity contribution in [2.45, 2.75) is 20.8 Å². The Morgan fingerprint density at radius 3 is 2.41 bits per heavy atom. The van der Waals surface area contributed by atoms with Gasteiger partial charge in [0.25, 0.3) is 5.91 Å². The van der Waals surface area contributed by atoms with Crippen molar-refractivity contribution in [2.75, 3.05) is 26.1 Å². The minimum absolute atomic E-state index is 0.150. The molecule has 0 saturated carbocycles. The van der Waals surface area contributed by atoms with Crippen LogP contribution in [-0.2, 0) is 9.47 Å². The van der Waals surface area contributed by atoms with Crippen LogP contribution in [0.15, 0.2) is 18.2 Å². The number of nitrogens with one attached hydrogen (secondary N) is 2. The number of ether oxygens (including phenoxy) is 3. The van der Waals surface area contributed by atoms with Crippen LogP contribution in [0, 0.1) is 13.8 Å². The Hall–Kier alpha value is -3.29. The lowest BCUT2D eigenvalue weighted by atomic mass is 10.1. The molecule has 0 atom stereocenters. The number of anilines is 1. The monoisotopic (exact) mass is 374 g/mol. The highest BCUT2D eigenvalue weighted by Gasteiger charge is 2.24. The lowest BCUT2D eigenvalue weighted by Gasteiger charge is -2.11. The van der Waals surface area contributed by atoms with Crippen molar-refractivity contribution >= 4 is 23.5 Å². The van der Waals surface area contributed by atoms with Crippen LogP contribution < -0.4 is 10.1 Å². The van der Waals surface area contributed by atoms with Crippen LogP contribution in [0.4, 0.5) is 5.69 Å². The average Bonchev–Trinajstić information content (AvgIpc) is 2.95. The van der Waals surface area contributed by atoms with E-state index in [4.69, 9.17) is 14.2 Å². The molecule has 1 aromatic carbocycles. The Kier molecular flexibility index (Phi) is 6.23. The van der Waals surface area contributed by atoms with E-state index in [1.165, 1.54) is 20.3 Å². The number of esters is 2. The summed E-state index contributed by atoms with van der Waals surface area (Å²) in [7, 11) is 2.72. The number of hydrogen-bond donors (Lipinski definition) is 2. The Labute approximate surface area is 156 Å². The molecular formula is C19H22N2O6. The predicted octanol–water partition coefficient (Wildman–Crippen LogP) is 2.86. The van der Waals surface area contributed by atoms with Gasteiger partial charge in [-0.3, -0.25) is 4.79 Å². The quantitative estimate of drug-likeness (QED) is 0.753. The number of hydrogen-bond acceptors (Lipinski definition) is 6. The molecule has 2 N–H and O–H groups in total. The van der Waals surface area contributed by atoms with Crippen molar-refractivity contribution in [3.05, 3.63) is 46.3 Å². The number of aromatic amines is 1. The van der Waals surface area contributed by atoms with Gasteiger partial charge in [0.1, 0.15) is 11.4 Å². The first kappa shape index (κ1) is 20.0. The van der Waals surface area contributed by atoms with Crippen LogP contribution in [0.25, 0.3) is 0 Å². The molecule has 0 fully saturated rings. The molecule has 0 spiro atoms. The number of benzene rings is 1. The van der Waals surface area contributed by atoms with Crippen molar-refractivity contribution < 1.29 is 28.6 Å². The van der Waals surface area contributed by atoms with Crippen LogP contribution in [0.2, 0.25) is 0 Å². The summed E-state index contributed by atoms with van der Waals surface area (Å²) < 4.78 is 14.9. The Bertz CT molecular complexity index is 885. The van der Waals surface area contributed by atoms with Gasteiger partial charge >= 0.3 is 11.9 Å². The van der Waals surface area contributed by atoms with E-state index in [1.54, 1.807) is 32.9 Å². The van der Waals surface area contributed by atoms with Gasteiger partial charge in [-0.2, -0.15) is 0 Å². The minimum atomic E-state index is -0.615. The van der Waals surface area contributed by atoms with E-state index in [2.05, 4.69) is 10.3 Å². The number of aryl methyl sites for hydroxylation is 1. The molecule has 27 heavy (non-hydrogen) atoms. The largest absolute Gasteiger partial charge is 0.497 e. The van der Waals surface area contributed by atoms with Crippen LogP contribution in [-0.4, -0.2) is 43.7 Å². The zero-order valence-electron chi connectivity index (χ0n) is 15.9. The third-order valence-corrected chi connectivity index (χ3v) is 4.02. The van der Waals surface area contributed by atoms with E-state index in [1.807, 2.05) is 0 Å².